The van der Waals surface area contributed by atoms with Crippen molar-refractivity contribution in [3.05, 3.63) is 29.6 Å². The lowest BCUT2D eigenvalue weighted by Crippen LogP contribution is -2.38. The lowest BCUT2D eigenvalue weighted by atomic mass is 9.91. The maximum absolute atomic E-state index is 10.1. The van der Waals surface area contributed by atoms with E-state index < -0.39 is 6.10 Å². The van der Waals surface area contributed by atoms with Crippen molar-refractivity contribution in [2.45, 2.75) is 58.6 Å². The average Bonchev–Trinajstić information content (AvgIpc) is 2.24. The normalized spacial score (nSPS) is 14.6. The third-order valence-corrected chi connectivity index (χ3v) is 2.71. The van der Waals surface area contributed by atoms with Crippen LogP contribution in [0.4, 0.5) is 0 Å². The molecule has 0 fully saturated rings. The number of pyridine rings is 1. The molecule has 0 radical (unpaired) electrons. The second-order valence-electron chi connectivity index (χ2n) is 6.84. The third kappa shape index (κ3) is 4.75. The Labute approximate surface area is 111 Å². The van der Waals surface area contributed by atoms with Gasteiger partial charge in [-0.05, 0) is 32.9 Å². The molecule has 0 bridgehead atoms. The molecule has 1 aromatic rings. The Morgan fingerprint density at radius 2 is 1.78 bits per heavy atom. The van der Waals surface area contributed by atoms with Gasteiger partial charge in [-0.3, -0.25) is 4.98 Å². The Balaban J connectivity index is 2.78. The largest absolute Gasteiger partial charge is 0.385 e. The highest BCUT2D eigenvalue weighted by molar-refractivity contribution is 5.19. The van der Waals surface area contributed by atoms with Gasteiger partial charge in [0.2, 0.25) is 0 Å². The Morgan fingerprint density at radius 3 is 2.28 bits per heavy atom. The van der Waals surface area contributed by atoms with Gasteiger partial charge in [-0.1, -0.05) is 26.8 Å². The van der Waals surface area contributed by atoms with E-state index in [-0.39, 0.29) is 11.0 Å². The Kier molecular flexibility index (Phi) is 4.51. The molecule has 0 spiro atoms. The van der Waals surface area contributed by atoms with Gasteiger partial charge in [0.25, 0.3) is 0 Å². The first-order valence-electron chi connectivity index (χ1n) is 6.50. The van der Waals surface area contributed by atoms with Crippen LogP contribution in [0, 0.1) is 0 Å². The van der Waals surface area contributed by atoms with Crippen LogP contribution in [-0.4, -0.2) is 22.2 Å². The molecular formula is C15H26N2O. The maximum atomic E-state index is 10.1. The number of hydrogen-bond donors (Lipinski definition) is 2. The van der Waals surface area contributed by atoms with Gasteiger partial charge in [-0.2, -0.15) is 0 Å². The summed E-state index contributed by atoms with van der Waals surface area (Å²) in [6.07, 6.45) is -0.563. The number of aromatic nitrogens is 1. The van der Waals surface area contributed by atoms with Crippen molar-refractivity contribution >= 4 is 0 Å². The highest BCUT2D eigenvalue weighted by atomic mass is 16.3. The Morgan fingerprint density at radius 1 is 1.17 bits per heavy atom. The lowest BCUT2D eigenvalue weighted by molar-refractivity contribution is 0.158. The molecule has 0 aliphatic rings. The number of hydrogen-bond acceptors (Lipinski definition) is 3. The topological polar surface area (TPSA) is 45.1 Å². The molecule has 3 nitrogen and oxygen atoms in total. The minimum atomic E-state index is -0.563. The number of β-amino-alcohol motifs (C(OH)–C–C–N with tert-alkyl or cyclic N) is 1. The van der Waals surface area contributed by atoms with Gasteiger partial charge in [-0.25, -0.2) is 0 Å². The summed E-state index contributed by atoms with van der Waals surface area (Å²) in [6.45, 7) is 13.1. The van der Waals surface area contributed by atoms with Crippen molar-refractivity contribution in [2.75, 3.05) is 6.54 Å². The molecule has 0 amide bonds. The Bertz CT molecular complexity index is 388. The highest BCUT2D eigenvalue weighted by Gasteiger charge is 2.18. The fraction of sp³-hybridized carbons (Fsp3) is 0.667. The molecule has 18 heavy (non-hydrogen) atoms. The monoisotopic (exact) mass is 250 g/mol. The molecule has 0 unspecified atom stereocenters. The maximum Gasteiger partial charge on any atom is 0.108 e. The molecule has 0 saturated carbocycles. The van der Waals surface area contributed by atoms with E-state index in [1.165, 1.54) is 0 Å². The van der Waals surface area contributed by atoms with Gasteiger partial charge >= 0.3 is 0 Å². The number of rotatable bonds is 3. The van der Waals surface area contributed by atoms with E-state index in [0.29, 0.717) is 6.54 Å². The summed E-state index contributed by atoms with van der Waals surface area (Å²) in [5.41, 5.74) is 1.75. The van der Waals surface area contributed by atoms with Crippen LogP contribution in [0.25, 0.3) is 0 Å². The second-order valence-corrected chi connectivity index (χ2v) is 6.84. The standard InChI is InChI=1S/C15H26N2O/c1-14(2,3)13-9-7-8-11(17-13)12(18)10-16-15(4,5)6/h7-9,12,16,18H,10H2,1-6H3/t12-/m0/s1. The summed E-state index contributed by atoms with van der Waals surface area (Å²) in [7, 11) is 0. The third-order valence-electron chi connectivity index (χ3n) is 2.71. The summed E-state index contributed by atoms with van der Waals surface area (Å²) < 4.78 is 0. The summed E-state index contributed by atoms with van der Waals surface area (Å²) >= 11 is 0. The van der Waals surface area contributed by atoms with Crippen molar-refractivity contribution in [3.63, 3.8) is 0 Å². The molecule has 1 aromatic heterocycles. The zero-order valence-corrected chi connectivity index (χ0v) is 12.4. The summed E-state index contributed by atoms with van der Waals surface area (Å²) in [5, 5.41) is 13.4. The van der Waals surface area contributed by atoms with Crippen LogP contribution in [0.1, 0.15) is 59.0 Å². The molecule has 0 aromatic carbocycles. The predicted molar refractivity (Wildman–Crippen MR) is 75.7 cm³/mol. The fourth-order valence-corrected chi connectivity index (χ4v) is 1.56. The number of aliphatic hydroxyl groups excluding tert-OH is 1. The quantitative estimate of drug-likeness (QED) is 0.867. The van der Waals surface area contributed by atoms with Gasteiger partial charge < -0.3 is 10.4 Å². The SMILES string of the molecule is CC(C)(C)NC[C@H](O)c1cccc(C(C)(C)C)n1. The van der Waals surface area contributed by atoms with Gasteiger partial charge in [-0.15, -0.1) is 0 Å². The first-order valence-corrected chi connectivity index (χ1v) is 6.50. The smallest absolute Gasteiger partial charge is 0.108 e. The van der Waals surface area contributed by atoms with E-state index in [1.54, 1.807) is 0 Å². The highest BCUT2D eigenvalue weighted by Crippen LogP contribution is 2.21. The van der Waals surface area contributed by atoms with Crippen molar-refractivity contribution in [1.82, 2.24) is 10.3 Å². The second kappa shape index (κ2) is 5.37. The van der Waals surface area contributed by atoms with Crippen LogP contribution in [0.15, 0.2) is 18.2 Å². The molecule has 0 aliphatic heterocycles. The molecule has 1 heterocycles. The molecule has 1 rings (SSSR count). The van der Waals surface area contributed by atoms with Crippen LogP contribution in [-0.2, 0) is 5.41 Å². The van der Waals surface area contributed by atoms with Gasteiger partial charge in [0.1, 0.15) is 6.10 Å². The van der Waals surface area contributed by atoms with Crippen molar-refractivity contribution in [1.29, 1.82) is 0 Å². The number of aliphatic hydroxyl groups is 1. The number of nitrogens with one attached hydrogen (secondary N) is 1. The van der Waals surface area contributed by atoms with Crippen molar-refractivity contribution in [3.8, 4) is 0 Å². The molecule has 2 N–H and O–H groups in total. The van der Waals surface area contributed by atoms with E-state index in [9.17, 15) is 5.11 Å². The van der Waals surface area contributed by atoms with Gasteiger partial charge in [0.05, 0.1) is 5.69 Å². The summed E-state index contributed by atoms with van der Waals surface area (Å²) in [5.74, 6) is 0. The zero-order valence-electron chi connectivity index (χ0n) is 12.4. The van der Waals surface area contributed by atoms with Crippen LogP contribution in [0.5, 0.6) is 0 Å². The first-order chi connectivity index (χ1) is 8.09. The van der Waals surface area contributed by atoms with Gasteiger partial charge in [0.15, 0.2) is 0 Å². The average molecular weight is 250 g/mol. The van der Waals surface area contributed by atoms with Crippen molar-refractivity contribution < 1.29 is 5.11 Å². The summed E-state index contributed by atoms with van der Waals surface area (Å²) in [4.78, 5) is 4.55. The van der Waals surface area contributed by atoms with E-state index in [2.05, 4.69) is 51.8 Å². The molecular weight excluding hydrogens is 224 g/mol. The molecule has 0 aliphatic carbocycles. The fourth-order valence-electron chi connectivity index (χ4n) is 1.56. The van der Waals surface area contributed by atoms with Crippen LogP contribution >= 0.6 is 0 Å². The zero-order chi connectivity index (χ0) is 14.0. The van der Waals surface area contributed by atoms with Crippen LogP contribution in [0.3, 0.4) is 0 Å². The first kappa shape index (κ1) is 15.1. The van der Waals surface area contributed by atoms with E-state index in [0.717, 1.165) is 11.4 Å². The summed E-state index contributed by atoms with van der Waals surface area (Å²) in [6, 6.07) is 5.85. The van der Waals surface area contributed by atoms with Gasteiger partial charge in [0, 0.05) is 23.2 Å². The minimum Gasteiger partial charge on any atom is -0.385 e. The molecule has 102 valence electrons. The van der Waals surface area contributed by atoms with E-state index in [4.69, 9.17) is 0 Å². The molecule has 0 saturated heterocycles. The molecule has 3 heteroatoms. The minimum absolute atomic E-state index is 0.00260. The van der Waals surface area contributed by atoms with Crippen molar-refractivity contribution in [2.24, 2.45) is 0 Å². The number of nitrogens with zero attached hydrogens (tertiary/aromatic N) is 1. The molecule has 1 atom stereocenters. The van der Waals surface area contributed by atoms with E-state index in [1.807, 2.05) is 18.2 Å². The van der Waals surface area contributed by atoms with Crippen LogP contribution in [0.2, 0.25) is 0 Å². The lowest BCUT2D eigenvalue weighted by Gasteiger charge is -2.24. The van der Waals surface area contributed by atoms with Crippen LogP contribution < -0.4 is 5.32 Å². The Hall–Kier alpha value is -0.930. The predicted octanol–water partition coefficient (Wildman–Crippen LogP) is 2.80. The van der Waals surface area contributed by atoms with E-state index >= 15 is 0 Å².